The Labute approximate surface area is 183 Å². The summed E-state index contributed by atoms with van der Waals surface area (Å²) < 4.78 is 7.79. The maximum atomic E-state index is 6.16. The maximum absolute atomic E-state index is 6.16. The van der Waals surface area contributed by atoms with Crippen LogP contribution in [-0.4, -0.2) is 19.5 Å². The number of anilines is 2. The highest BCUT2D eigenvalue weighted by Crippen LogP contribution is 2.25. The van der Waals surface area contributed by atoms with Gasteiger partial charge in [0.05, 0.1) is 21.6 Å². The van der Waals surface area contributed by atoms with Crippen molar-refractivity contribution in [3.8, 4) is 11.8 Å². The Bertz CT molecular complexity index is 1400. The van der Waals surface area contributed by atoms with Gasteiger partial charge in [0.1, 0.15) is 5.75 Å². The van der Waals surface area contributed by atoms with Crippen molar-refractivity contribution in [2.24, 2.45) is 7.05 Å². The second-order valence-corrected chi connectivity index (χ2v) is 7.57. The lowest BCUT2D eigenvalue weighted by Crippen LogP contribution is -2.05. The van der Waals surface area contributed by atoms with E-state index in [2.05, 4.69) is 20.3 Å². The smallest absolute Gasteiger partial charge is 0.322 e. The van der Waals surface area contributed by atoms with E-state index in [1.807, 2.05) is 72.3 Å². The van der Waals surface area contributed by atoms with Crippen LogP contribution < -0.4 is 15.8 Å². The molecule has 0 saturated carbocycles. The second kappa shape index (κ2) is 7.77. The third-order valence-corrected chi connectivity index (χ3v) is 5.37. The van der Waals surface area contributed by atoms with Crippen molar-refractivity contribution in [2.45, 2.75) is 6.54 Å². The molecule has 2 aromatic heterocycles. The van der Waals surface area contributed by atoms with Gasteiger partial charge in [-0.05, 0) is 48.0 Å². The van der Waals surface area contributed by atoms with Crippen molar-refractivity contribution in [2.75, 3.05) is 11.1 Å². The molecular formula is C23H19ClN6O. The van der Waals surface area contributed by atoms with Gasteiger partial charge in [0.15, 0.2) is 0 Å². The molecule has 0 amide bonds. The van der Waals surface area contributed by atoms with Gasteiger partial charge in [0.25, 0.3) is 0 Å². The molecule has 31 heavy (non-hydrogen) atoms. The van der Waals surface area contributed by atoms with E-state index in [-0.39, 0.29) is 6.01 Å². The van der Waals surface area contributed by atoms with Crippen molar-refractivity contribution in [3.05, 3.63) is 77.4 Å². The standard InChI is InChI=1S/C23H19ClN6O/c1-30-21-11-15(25)7-10-20(21)28-22(30)26-12-14-5-8-16(9-6-14)31-23-27-13-17-18(24)3-2-4-19(17)29-23/h2-11,13H,12,25H2,1H3,(H,26,28). The molecule has 8 heteroatoms. The van der Waals surface area contributed by atoms with Crippen LogP contribution in [0.1, 0.15) is 5.56 Å². The minimum atomic E-state index is 0.277. The van der Waals surface area contributed by atoms with E-state index < -0.39 is 0 Å². The molecule has 0 aliphatic carbocycles. The van der Waals surface area contributed by atoms with Gasteiger partial charge in [0, 0.05) is 30.9 Å². The highest BCUT2D eigenvalue weighted by molar-refractivity contribution is 6.35. The highest BCUT2D eigenvalue weighted by atomic mass is 35.5. The molecule has 0 aliphatic rings. The van der Waals surface area contributed by atoms with Crippen LogP contribution in [0.3, 0.4) is 0 Å². The van der Waals surface area contributed by atoms with Crippen LogP contribution in [0.25, 0.3) is 21.9 Å². The Morgan fingerprint density at radius 2 is 1.87 bits per heavy atom. The van der Waals surface area contributed by atoms with E-state index in [4.69, 9.17) is 22.1 Å². The van der Waals surface area contributed by atoms with Gasteiger partial charge in [-0.2, -0.15) is 4.98 Å². The van der Waals surface area contributed by atoms with Crippen molar-refractivity contribution in [1.29, 1.82) is 0 Å². The number of hydrogen-bond donors (Lipinski definition) is 2. The van der Waals surface area contributed by atoms with Crippen LogP contribution >= 0.6 is 11.6 Å². The zero-order chi connectivity index (χ0) is 21.4. The second-order valence-electron chi connectivity index (χ2n) is 7.17. The number of benzene rings is 3. The normalized spacial score (nSPS) is 11.2. The number of aryl methyl sites for hydroxylation is 1. The minimum absolute atomic E-state index is 0.277. The summed E-state index contributed by atoms with van der Waals surface area (Å²) in [4.78, 5) is 13.3. The van der Waals surface area contributed by atoms with Gasteiger partial charge < -0.3 is 20.4 Å². The Balaban J connectivity index is 1.28. The summed E-state index contributed by atoms with van der Waals surface area (Å²) in [7, 11) is 1.96. The first-order valence-corrected chi connectivity index (χ1v) is 10.1. The summed E-state index contributed by atoms with van der Waals surface area (Å²) in [6, 6.07) is 19.3. The molecule has 0 aliphatic heterocycles. The SMILES string of the molecule is Cn1c(NCc2ccc(Oc3ncc4c(Cl)cccc4n3)cc2)nc2ccc(N)cc21. The lowest BCUT2D eigenvalue weighted by molar-refractivity contribution is 0.444. The monoisotopic (exact) mass is 430 g/mol. The average molecular weight is 431 g/mol. The predicted molar refractivity (Wildman–Crippen MR) is 124 cm³/mol. The average Bonchev–Trinajstić information content (AvgIpc) is 3.08. The molecule has 5 aromatic rings. The number of nitrogens with two attached hydrogens (primary N) is 1. The van der Waals surface area contributed by atoms with Crippen molar-refractivity contribution in [3.63, 3.8) is 0 Å². The number of halogens is 1. The number of rotatable bonds is 5. The fourth-order valence-electron chi connectivity index (χ4n) is 3.38. The lowest BCUT2D eigenvalue weighted by atomic mass is 10.2. The van der Waals surface area contributed by atoms with Gasteiger partial charge in [-0.1, -0.05) is 29.8 Å². The molecule has 2 heterocycles. The molecule has 0 saturated heterocycles. The number of fused-ring (bicyclic) bond motifs is 2. The van der Waals surface area contributed by atoms with Gasteiger partial charge in [-0.15, -0.1) is 0 Å². The fraction of sp³-hybridized carbons (Fsp3) is 0.0870. The summed E-state index contributed by atoms with van der Waals surface area (Å²) in [5, 5.41) is 4.78. The van der Waals surface area contributed by atoms with E-state index in [0.29, 0.717) is 17.3 Å². The Hall–Kier alpha value is -3.84. The first-order valence-electron chi connectivity index (χ1n) is 9.71. The molecule has 0 spiro atoms. The molecule has 0 unspecified atom stereocenters. The first-order chi connectivity index (χ1) is 15.1. The van der Waals surface area contributed by atoms with Crippen LogP contribution in [0.15, 0.2) is 66.9 Å². The molecule has 154 valence electrons. The van der Waals surface area contributed by atoms with E-state index in [9.17, 15) is 0 Å². The maximum Gasteiger partial charge on any atom is 0.322 e. The van der Waals surface area contributed by atoms with Crippen molar-refractivity contribution >= 4 is 45.2 Å². The van der Waals surface area contributed by atoms with E-state index in [1.165, 1.54) is 0 Å². The molecule has 3 N–H and O–H groups in total. The summed E-state index contributed by atoms with van der Waals surface area (Å²) in [5.74, 6) is 1.44. The third kappa shape index (κ3) is 3.83. The van der Waals surface area contributed by atoms with Crippen LogP contribution in [-0.2, 0) is 13.6 Å². The summed E-state index contributed by atoms with van der Waals surface area (Å²) >= 11 is 6.16. The van der Waals surface area contributed by atoms with Gasteiger partial charge >= 0.3 is 6.01 Å². The number of nitrogens with zero attached hydrogens (tertiary/aromatic N) is 4. The van der Waals surface area contributed by atoms with E-state index in [0.717, 1.165) is 39.1 Å². The van der Waals surface area contributed by atoms with Gasteiger partial charge in [-0.3, -0.25) is 0 Å². The van der Waals surface area contributed by atoms with Gasteiger partial charge in [0.2, 0.25) is 5.95 Å². The van der Waals surface area contributed by atoms with Crippen LogP contribution in [0.2, 0.25) is 5.02 Å². The number of nitrogens with one attached hydrogen (secondary N) is 1. The Morgan fingerprint density at radius 3 is 2.71 bits per heavy atom. The number of imidazole rings is 1. The van der Waals surface area contributed by atoms with Gasteiger partial charge in [-0.25, -0.2) is 9.97 Å². The Kier molecular flexibility index (Phi) is 4.80. The molecular weight excluding hydrogens is 412 g/mol. The number of hydrogen-bond acceptors (Lipinski definition) is 6. The summed E-state index contributed by atoms with van der Waals surface area (Å²) in [5.41, 5.74) is 10.3. The molecule has 0 atom stereocenters. The molecule has 3 aromatic carbocycles. The first kappa shape index (κ1) is 19.1. The Morgan fingerprint density at radius 1 is 1.03 bits per heavy atom. The largest absolute Gasteiger partial charge is 0.424 e. The summed E-state index contributed by atoms with van der Waals surface area (Å²) in [6.07, 6.45) is 1.67. The molecule has 0 bridgehead atoms. The quantitative estimate of drug-likeness (QED) is 0.374. The van der Waals surface area contributed by atoms with E-state index >= 15 is 0 Å². The van der Waals surface area contributed by atoms with E-state index in [1.54, 1.807) is 6.20 Å². The van der Waals surface area contributed by atoms with Crippen molar-refractivity contribution in [1.82, 2.24) is 19.5 Å². The number of ether oxygens (including phenoxy) is 1. The minimum Gasteiger partial charge on any atom is -0.424 e. The lowest BCUT2D eigenvalue weighted by Gasteiger charge is -2.08. The predicted octanol–water partition coefficient (Wildman–Crippen LogP) is 5.16. The molecule has 0 fully saturated rings. The summed E-state index contributed by atoms with van der Waals surface area (Å²) in [6.45, 7) is 0.623. The number of aromatic nitrogens is 4. The topological polar surface area (TPSA) is 90.9 Å². The third-order valence-electron chi connectivity index (χ3n) is 5.04. The highest BCUT2D eigenvalue weighted by Gasteiger charge is 2.08. The van der Waals surface area contributed by atoms with Crippen molar-refractivity contribution < 1.29 is 4.74 Å². The number of nitrogen functional groups attached to an aromatic ring is 1. The molecule has 0 radical (unpaired) electrons. The molecule has 7 nitrogen and oxygen atoms in total. The van der Waals surface area contributed by atoms with Crippen LogP contribution in [0.5, 0.6) is 11.8 Å². The van der Waals surface area contributed by atoms with Crippen LogP contribution in [0, 0.1) is 0 Å². The van der Waals surface area contributed by atoms with Crippen LogP contribution in [0.4, 0.5) is 11.6 Å². The fourth-order valence-corrected chi connectivity index (χ4v) is 3.60. The zero-order valence-corrected chi connectivity index (χ0v) is 17.5. The zero-order valence-electron chi connectivity index (χ0n) is 16.7. The molecule has 5 rings (SSSR count).